The molecule has 3 nitrogen and oxygen atoms in total. The van der Waals surface area contributed by atoms with Gasteiger partial charge in [0, 0.05) is 9.86 Å². The van der Waals surface area contributed by atoms with Gasteiger partial charge in [-0.1, -0.05) is 25.4 Å². The highest BCUT2D eigenvalue weighted by Gasteiger charge is 2.14. The van der Waals surface area contributed by atoms with Crippen LogP contribution in [-0.4, -0.2) is 4.98 Å². The Morgan fingerprint density at radius 3 is 2.61 bits per heavy atom. The van der Waals surface area contributed by atoms with Gasteiger partial charge in [-0.2, -0.15) is 0 Å². The molecule has 2 aromatic rings. The molecule has 2 rings (SSSR count). The minimum Gasteiger partial charge on any atom is -0.308 e. The molecule has 0 spiro atoms. The number of hydrogen-bond donors (Lipinski definition) is 2. The van der Waals surface area contributed by atoms with E-state index in [1.165, 1.54) is 0 Å². The van der Waals surface area contributed by atoms with Gasteiger partial charge in [-0.3, -0.25) is 0 Å². The number of rotatable bonds is 2. The van der Waals surface area contributed by atoms with Gasteiger partial charge in [-0.05, 0) is 52.0 Å². The maximum Gasteiger partial charge on any atom is 0.144 e. The van der Waals surface area contributed by atoms with Gasteiger partial charge in [0.05, 0.1) is 10.5 Å². The summed E-state index contributed by atoms with van der Waals surface area (Å²) < 4.78 is 0.922. The SMILES string of the molecule is Cc1cc(Br)c2nc(NN)c(C(C)C)cc2c1Cl. The summed E-state index contributed by atoms with van der Waals surface area (Å²) >= 11 is 9.87. The third kappa shape index (κ3) is 2.20. The van der Waals surface area contributed by atoms with Crippen molar-refractivity contribution in [3.63, 3.8) is 0 Å². The Balaban J connectivity index is 2.87. The minimum absolute atomic E-state index is 0.323. The minimum atomic E-state index is 0.323. The predicted octanol–water partition coefficient (Wildman–Crippen LogP) is 4.37. The van der Waals surface area contributed by atoms with E-state index in [2.05, 4.69) is 46.3 Å². The van der Waals surface area contributed by atoms with Crippen molar-refractivity contribution >= 4 is 44.3 Å². The number of nitrogens with two attached hydrogens (primary N) is 1. The first-order valence-electron chi connectivity index (χ1n) is 5.71. The maximum absolute atomic E-state index is 6.36. The Kier molecular flexibility index (Phi) is 3.80. The fraction of sp³-hybridized carbons (Fsp3) is 0.308. The second kappa shape index (κ2) is 5.03. The van der Waals surface area contributed by atoms with Gasteiger partial charge in [0.15, 0.2) is 0 Å². The van der Waals surface area contributed by atoms with E-state index in [1.54, 1.807) is 0 Å². The van der Waals surface area contributed by atoms with Crippen LogP contribution in [0, 0.1) is 6.92 Å². The Morgan fingerprint density at radius 2 is 2.06 bits per heavy atom. The number of benzene rings is 1. The second-order valence-electron chi connectivity index (χ2n) is 4.61. The van der Waals surface area contributed by atoms with Crippen LogP contribution < -0.4 is 11.3 Å². The smallest absolute Gasteiger partial charge is 0.144 e. The summed E-state index contributed by atoms with van der Waals surface area (Å²) in [6, 6.07) is 4.02. The van der Waals surface area contributed by atoms with Crippen molar-refractivity contribution in [2.75, 3.05) is 5.43 Å². The molecule has 5 heteroatoms. The lowest BCUT2D eigenvalue weighted by Gasteiger charge is -2.15. The number of nitrogen functional groups attached to an aromatic ring is 1. The summed E-state index contributed by atoms with van der Waals surface area (Å²) in [6.07, 6.45) is 0. The van der Waals surface area contributed by atoms with E-state index in [4.69, 9.17) is 17.4 Å². The van der Waals surface area contributed by atoms with Gasteiger partial charge in [0.1, 0.15) is 5.82 Å². The van der Waals surface area contributed by atoms with Crippen molar-refractivity contribution < 1.29 is 0 Å². The Bertz CT molecular complexity index is 611. The molecular formula is C13H15BrClN3. The van der Waals surface area contributed by atoms with Crippen LogP contribution in [0.25, 0.3) is 10.9 Å². The highest BCUT2D eigenvalue weighted by Crippen LogP contribution is 2.35. The summed E-state index contributed by atoms with van der Waals surface area (Å²) in [5.74, 6) is 6.55. The molecule has 0 fully saturated rings. The molecule has 0 aliphatic carbocycles. The number of anilines is 1. The lowest BCUT2D eigenvalue weighted by molar-refractivity contribution is 0.862. The monoisotopic (exact) mass is 327 g/mol. The van der Waals surface area contributed by atoms with Gasteiger partial charge < -0.3 is 5.43 Å². The summed E-state index contributed by atoms with van der Waals surface area (Å²) in [5.41, 5.74) is 5.57. The molecule has 0 aliphatic rings. The number of pyridine rings is 1. The van der Waals surface area contributed by atoms with Crippen molar-refractivity contribution in [3.05, 3.63) is 32.8 Å². The molecule has 18 heavy (non-hydrogen) atoms. The van der Waals surface area contributed by atoms with Gasteiger partial charge in [0.2, 0.25) is 0 Å². The zero-order valence-corrected chi connectivity index (χ0v) is 12.9. The Morgan fingerprint density at radius 1 is 1.39 bits per heavy atom. The fourth-order valence-electron chi connectivity index (χ4n) is 1.97. The standard InChI is InChI=1S/C13H15BrClN3/c1-6(2)8-5-9-11(15)7(3)4-10(14)12(9)17-13(8)18-16/h4-6H,16H2,1-3H3,(H,17,18). The van der Waals surface area contributed by atoms with Crippen molar-refractivity contribution in [1.29, 1.82) is 0 Å². The zero-order valence-electron chi connectivity index (χ0n) is 10.5. The van der Waals surface area contributed by atoms with Crippen molar-refractivity contribution in [1.82, 2.24) is 4.98 Å². The van der Waals surface area contributed by atoms with Crippen LogP contribution in [0.5, 0.6) is 0 Å². The van der Waals surface area contributed by atoms with Gasteiger partial charge in [0.25, 0.3) is 0 Å². The number of hydrazine groups is 1. The number of halogens is 2. The molecule has 1 heterocycles. The van der Waals surface area contributed by atoms with Crippen LogP contribution in [0.4, 0.5) is 5.82 Å². The first-order valence-corrected chi connectivity index (χ1v) is 6.88. The third-order valence-corrected chi connectivity index (χ3v) is 4.07. The van der Waals surface area contributed by atoms with Crippen molar-refractivity contribution in [2.45, 2.75) is 26.7 Å². The number of nitrogens with zero attached hydrogens (tertiary/aromatic N) is 1. The number of aromatic nitrogens is 1. The molecule has 3 N–H and O–H groups in total. The van der Waals surface area contributed by atoms with Gasteiger partial charge in [-0.15, -0.1) is 0 Å². The lowest BCUT2D eigenvalue weighted by Crippen LogP contribution is -2.12. The molecule has 0 amide bonds. The van der Waals surface area contributed by atoms with Crippen LogP contribution in [0.1, 0.15) is 30.9 Å². The van der Waals surface area contributed by atoms with Crippen molar-refractivity contribution in [3.8, 4) is 0 Å². The van der Waals surface area contributed by atoms with E-state index >= 15 is 0 Å². The summed E-state index contributed by atoms with van der Waals surface area (Å²) in [5, 5.41) is 1.69. The molecule has 0 saturated carbocycles. The highest BCUT2D eigenvalue weighted by molar-refractivity contribution is 9.10. The Labute approximate surface area is 120 Å². The topological polar surface area (TPSA) is 50.9 Å². The number of fused-ring (bicyclic) bond motifs is 1. The van der Waals surface area contributed by atoms with Crippen LogP contribution in [0.3, 0.4) is 0 Å². The number of nitrogens with one attached hydrogen (secondary N) is 1. The van der Waals surface area contributed by atoms with Gasteiger partial charge in [-0.25, -0.2) is 10.8 Å². The molecule has 0 atom stereocenters. The van der Waals surface area contributed by atoms with Crippen LogP contribution in [0.15, 0.2) is 16.6 Å². The van der Waals surface area contributed by atoms with Crippen LogP contribution >= 0.6 is 27.5 Å². The average Bonchev–Trinajstić information content (AvgIpc) is 2.34. The van der Waals surface area contributed by atoms with Crippen LogP contribution in [0.2, 0.25) is 5.02 Å². The van der Waals surface area contributed by atoms with E-state index in [-0.39, 0.29) is 0 Å². The number of aryl methyl sites for hydroxylation is 1. The van der Waals surface area contributed by atoms with E-state index < -0.39 is 0 Å². The predicted molar refractivity (Wildman–Crippen MR) is 81.1 cm³/mol. The molecule has 0 aliphatic heterocycles. The summed E-state index contributed by atoms with van der Waals surface area (Å²) in [6.45, 7) is 6.18. The lowest BCUT2D eigenvalue weighted by atomic mass is 10.0. The molecular weight excluding hydrogens is 314 g/mol. The molecule has 1 aromatic carbocycles. The Hall–Kier alpha value is -0.840. The normalized spacial score (nSPS) is 11.3. The van der Waals surface area contributed by atoms with E-state index in [0.717, 1.165) is 31.5 Å². The molecule has 96 valence electrons. The molecule has 0 unspecified atom stereocenters. The number of hydrogen-bond acceptors (Lipinski definition) is 3. The highest BCUT2D eigenvalue weighted by atomic mass is 79.9. The summed E-state index contributed by atoms with van der Waals surface area (Å²) in [4.78, 5) is 4.55. The fourth-order valence-corrected chi connectivity index (χ4v) is 2.81. The first-order chi connectivity index (χ1) is 8.45. The first kappa shape index (κ1) is 13.6. The summed E-state index contributed by atoms with van der Waals surface area (Å²) in [7, 11) is 0. The molecule has 0 radical (unpaired) electrons. The largest absolute Gasteiger partial charge is 0.308 e. The van der Waals surface area contributed by atoms with Crippen molar-refractivity contribution in [2.24, 2.45) is 5.84 Å². The second-order valence-corrected chi connectivity index (χ2v) is 5.84. The van der Waals surface area contributed by atoms with Gasteiger partial charge >= 0.3 is 0 Å². The average molecular weight is 329 g/mol. The van der Waals surface area contributed by atoms with E-state index in [9.17, 15) is 0 Å². The molecule has 1 aromatic heterocycles. The molecule has 0 bridgehead atoms. The zero-order chi connectivity index (χ0) is 13.4. The molecule has 0 saturated heterocycles. The van der Waals surface area contributed by atoms with E-state index in [1.807, 2.05) is 13.0 Å². The third-order valence-electron chi connectivity index (χ3n) is 2.96. The van der Waals surface area contributed by atoms with E-state index in [0.29, 0.717) is 11.7 Å². The van der Waals surface area contributed by atoms with Crippen LogP contribution in [-0.2, 0) is 0 Å². The maximum atomic E-state index is 6.36. The quantitative estimate of drug-likeness (QED) is 0.636.